The van der Waals surface area contributed by atoms with Gasteiger partial charge in [-0.2, -0.15) is 0 Å². The van der Waals surface area contributed by atoms with Crippen molar-refractivity contribution in [1.82, 2.24) is 10.2 Å². The van der Waals surface area contributed by atoms with Gasteiger partial charge in [0, 0.05) is 33.1 Å². The lowest BCUT2D eigenvalue weighted by atomic mass is 10.3. The molecule has 116 valence electrons. The van der Waals surface area contributed by atoms with Crippen molar-refractivity contribution in [3.8, 4) is 0 Å². The first-order chi connectivity index (χ1) is 9.45. The topological polar surface area (TPSA) is 84.9 Å². The fourth-order valence-corrected chi connectivity index (χ4v) is 1.49. The van der Waals surface area contributed by atoms with Crippen molar-refractivity contribution in [3.63, 3.8) is 0 Å². The SMILES string of the molecule is COC(=O)CCN(CCNC(C)=O)CCOCC(C)=O. The summed E-state index contributed by atoms with van der Waals surface area (Å²) in [5.41, 5.74) is 0. The lowest BCUT2D eigenvalue weighted by molar-refractivity contribution is -0.141. The van der Waals surface area contributed by atoms with Gasteiger partial charge in [-0.1, -0.05) is 0 Å². The molecular formula is C13H24N2O5. The van der Waals surface area contributed by atoms with Gasteiger partial charge in [-0.15, -0.1) is 0 Å². The summed E-state index contributed by atoms with van der Waals surface area (Å²) >= 11 is 0. The fourth-order valence-electron chi connectivity index (χ4n) is 1.49. The molecule has 0 aliphatic heterocycles. The second kappa shape index (κ2) is 11.4. The molecule has 0 aliphatic rings. The minimum absolute atomic E-state index is 0.0237. The van der Waals surface area contributed by atoms with E-state index in [4.69, 9.17) is 4.74 Å². The molecule has 0 aromatic carbocycles. The zero-order valence-corrected chi connectivity index (χ0v) is 12.4. The Morgan fingerprint density at radius 3 is 2.35 bits per heavy atom. The van der Waals surface area contributed by atoms with Gasteiger partial charge in [-0.3, -0.25) is 19.3 Å². The third-order valence-electron chi connectivity index (χ3n) is 2.52. The van der Waals surface area contributed by atoms with Crippen LogP contribution >= 0.6 is 0 Å². The zero-order valence-electron chi connectivity index (χ0n) is 12.4. The van der Waals surface area contributed by atoms with E-state index in [9.17, 15) is 14.4 Å². The molecular weight excluding hydrogens is 264 g/mol. The van der Waals surface area contributed by atoms with Crippen LogP contribution in [0.3, 0.4) is 0 Å². The van der Waals surface area contributed by atoms with Crippen molar-refractivity contribution >= 4 is 17.7 Å². The Labute approximate surface area is 119 Å². The van der Waals surface area contributed by atoms with Crippen molar-refractivity contribution < 1.29 is 23.9 Å². The second-order valence-corrected chi connectivity index (χ2v) is 4.41. The van der Waals surface area contributed by atoms with E-state index in [1.54, 1.807) is 0 Å². The summed E-state index contributed by atoms with van der Waals surface area (Å²) in [6, 6.07) is 0. The number of hydrogen-bond acceptors (Lipinski definition) is 6. The van der Waals surface area contributed by atoms with Crippen LogP contribution in [-0.2, 0) is 23.9 Å². The molecule has 7 heteroatoms. The molecule has 0 unspecified atom stereocenters. The predicted octanol–water partition coefficient (Wildman–Crippen LogP) is -0.407. The maximum Gasteiger partial charge on any atom is 0.306 e. The molecule has 0 rings (SSSR count). The Hall–Kier alpha value is -1.47. The number of nitrogens with one attached hydrogen (secondary N) is 1. The molecule has 0 atom stereocenters. The van der Waals surface area contributed by atoms with E-state index >= 15 is 0 Å². The minimum Gasteiger partial charge on any atom is -0.469 e. The van der Waals surface area contributed by atoms with Crippen molar-refractivity contribution in [2.45, 2.75) is 20.3 Å². The molecule has 0 radical (unpaired) electrons. The lowest BCUT2D eigenvalue weighted by Crippen LogP contribution is -2.37. The van der Waals surface area contributed by atoms with Gasteiger partial charge in [0.2, 0.25) is 5.91 Å². The number of ketones is 1. The number of methoxy groups -OCH3 is 1. The van der Waals surface area contributed by atoms with Crippen LogP contribution in [0.4, 0.5) is 0 Å². The van der Waals surface area contributed by atoms with E-state index in [1.165, 1.54) is 21.0 Å². The molecule has 7 nitrogen and oxygen atoms in total. The summed E-state index contributed by atoms with van der Waals surface area (Å²) in [5.74, 6) is -0.394. The van der Waals surface area contributed by atoms with Gasteiger partial charge in [-0.25, -0.2) is 0 Å². The average Bonchev–Trinajstić information content (AvgIpc) is 2.38. The van der Waals surface area contributed by atoms with Crippen LogP contribution in [0, 0.1) is 0 Å². The van der Waals surface area contributed by atoms with Gasteiger partial charge in [0.15, 0.2) is 5.78 Å². The monoisotopic (exact) mass is 288 g/mol. The molecule has 0 aliphatic carbocycles. The molecule has 20 heavy (non-hydrogen) atoms. The summed E-state index contributed by atoms with van der Waals surface area (Å²) in [7, 11) is 1.35. The quantitative estimate of drug-likeness (QED) is 0.411. The largest absolute Gasteiger partial charge is 0.469 e. The number of amides is 1. The van der Waals surface area contributed by atoms with Crippen LogP contribution in [0.25, 0.3) is 0 Å². The van der Waals surface area contributed by atoms with Crippen LogP contribution in [0.2, 0.25) is 0 Å². The molecule has 1 N–H and O–H groups in total. The Morgan fingerprint density at radius 2 is 1.80 bits per heavy atom. The number of Topliss-reactive ketones (excluding diaryl/α,β-unsaturated/α-hetero) is 1. The van der Waals surface area contributed by atoms with Crippen LogP contribution in [0.1, 0.15) is 20.3 Å². The van der Waals surface area contributed by atoms with Gasteiger partial charge in [0.25, 0.3) is 0 Å². The number of rotatable bonds is 11. The number of ether oxygens (including phenoxy) is 2. The Morgan fingerprint density at radius 1 is 1.10 bits per heavy atom. The van der Waals surface area contributed by atoms with E-state index in [-0.39, 0.29) is 30.7 Å². The third kappa shape index (κ3) is 11.6. The summed E-state index contributed by atoms with van der Waals surface area (Å²) in [4.78, 5) is 34.7. The zero-order chi connectivity index (χ0) is 15.4. The summed E-state index contributed by atoms with van der Waals surface area (Å²) < 4.78 is 9.78. The molecule has 0 fully saturated rings. The number of hydrogen-bond donors (Lipinski definition) is 1. The molecule has 0 spiro atoms. The minimum atomic E-state index is -0.279. The molecule has 0 heterocycles. The Kier molecular flexibility index (Phi) is 10.5. The van der Waals surface area contributed by atoms with Crippen molar-refractivity contribution in [1.29, 1.82) is 0 Å². The van der Waals surface area contributed by atoms with Gasteiger partial charge in [0.1, 0.15) is 6.61 Å². The molecule has 0 saturated carbocycles. The van der Waals surface area contributed by atoms with Crippen LogP contribution in [0.15, 0.2) is 0 Å². The number of nitrogens with zero attached hydrogens (tertiary/aromatic N) is 1. The Bertz CT molecular complexity index is 320. The molecule has 0 saturated heterocycles. The van der Waals surface area contributed by atoms with E-state index in [2.05, 4.69) is 10.1 Å². The first-order valence-electron chi connectivity index (χ1n) is 6.56. The maximum atomic E-state index is 11.1. The average molecular weight is 288 g/mol. The standard InChI is InChI=1S/C13H24N2O5/c1-11(16)10-20-9-8-15(6-4-13(18)19-3)7-5-14-12(2)17/h4-10H2,1-3H3,(H,14,17). The van der Waals surface area contributed by atoms with Crippen LogP contribution < -0.4 is 5.32 Å². The van der Waals surface area contributed by atoms with Crippen molar-refractivity contribution in [2.24, 2.45) is 0 Å². The number of carbonyl (C=O) groups is 3. The Balaban J connectivity index is 3.99. The lowest BCUT2D eigenvalue weighted by Gasteiger charge is -2.21. The van der Waals surface area contributed by atoms with Gasteiger partial charge >= 0.3 is 5.97 Å². The van der Waals surface area contributed by atoms with E-state index in [0.29, 0.717) is 32.8 Å². The van der Waals surface area contributed by atoms with Crippen LogP contribution in [0.5, 0.6) is 0 Å². The predicted molar refractivity (Wildman–Crippen MR) is 73.3 cm³/mol. The number of esters is 1. The highest BCUT2D eigenvalue weighted by molar-refractivity contribution is 5.76. The van der Waals surface area contributed by atoms with Crippen molar-refractivity contribution in [3.05, 3.63) is 0 Å². The van der Waals surface area contributed by atoms with E-state index < -0.39 is 0 Å². The first kappa shape index (κ1) is 18.5. The summed E-state index contributed by atoms with van der Waals surface area (Å²) in [6.07, 6.45) is 0.281. The second-order valence-electron chi connectivity index (χ2n) is 4.41. The van der Waals surface area contributed by atoms with Gasteiger partial charge in [0.05, 0.1) is 20.1 Å². The van der Waals surface area contributed by atoms with Gasteiger partial charge in [-0.05, 0) is 6.92 Å². The molecule has 0 aromatic heterocycles. The van der Waals surface area contributed by atoms with E-state index in [1.807, 2.05) is 4.90 Å². The van der Waals surface area contributed by atoms with Crippen molar-refractivity contribution in [2.75, 3.05) is 46.5 Å². The highest BCUT2D eigenvalue weighted by Gasteiger charge is 2.09. The number of carbonyl (C=O) groups excluding carboxylic acids is 3. The molecule has 1 amide bonds. The smallest absolute Gasteiger partial charge is 0.306 e. The fraction of sp³-hybridized carbons (Fsp3) is 0.769. The maximum absolute atomic E-state index is 11.1. The van der Waals surface area contributed by atoms with E-state index in [0.717, 1.165) is 0 Å². The summed E-state index contributed by atoms with van der Waals surface area (Å²) in [6.45, 7) is 5.64. The summed E-state index contributed by atoms with van der Waals surface area (Å²) in [5, 5.41) is 2.69. The van der Waals surface area contributed by atoms with Crippen LogP contribution in [-0.4, -0.2) is 69.1 Å². The highest BCUT2D eigenvalue weighted by Crippen LogP contribution is 1.94. The molecule has 0 bridgehead atoms. The van der Waals surface area contributed by atoms with Gasteiger partial charge < -0.3 is 14.8 Å². The molecule has 0 aromatic rings. The first-order valence-corrected chi connectivity index (χ1v) is 6.56. The highest BCUT2D eigenvalue weighted by atomic mass is 16.5. The normalized spacial score (nSPS) is 10.4. The third-order valence-corrected chi connectivity index (χ3v) is 2.52.